The Kier molecular flexibility index (Phi) is 5.97. The maximum Gasteiger partial charge on any atom is 0.262 e. The first kappa shape index (κ1) is 20.2. The molecule has 1 aromatic heterocycles. The third kappa shape index (κ3) is 4.92. The summed E-state index contributed by atoms with van der Waals surface area (Å²) in [6.45, 7) is -0.184. The molecule has 1 amide bonds. The average Bonchev–Trinajstić information content (AvgIpc) is 3.21. The Balaban J connectivity index is 1.46. The van der Waals surface area contributed by atoms with Crippen LogP contribution >= 0.6 is 11.6 Å². The number of ether oxygens (including phenoxy) is 1. The molecule has 4 aromatic rings. The highest BCUT2D eigenvalue weighted by Gasteiger charge is 2.12. The number of aromatic nitrogens is 1. The number of fused-ring (bicyclic) bond motifs is 1. The molecular weight excluding hydrogens is 414 g/mol. The number of para-hydroxylation sites is 3. The van der Waals surface area contributed by atoms with Crippen LogP contribution in [0.2, 0.25) is 5.02 Å². The summed E-state index contributed by atoms with van der Waals surface area (Å²) in [6.07, 6.45) is 1.63. The van der Waals surface area contributed by atoms with Gasteiger partial charge in [0, 0.05) is 5.69 Å². The predicted octanol–water partition coefficient (Wildman–Crippen LogP) is 5.56. The molecule has 0 saturated heterocycles. The number of carbonyl (C=O) groups is 1. The highest BCUT2D eigenvalue weighted by atomic mass is 35.5. The Labute approximate surface area is 183 Å². The molecule has 3 aromatic carbocycles. The zero-order valence-electron chi connectivity index (χ0n) is 16.2. The molecule has 31 heavy (non-hydrogen) atoms. The highest BCUT2D eigenvalue weighted by molar-refractivity contribution is 6.32. The maximum atomic E-state index is 12.0. The van der Waals surface area contributed by atoms with Gasteiger partial charge in [-0.25, -0.2) is 4.98 Å². The summed E-state index contributed by atoms with van der Waals surface area (Å²) in [5.41, 5.74) is 2.90. The van der Waals surface area contributed by atoms with Gasteiger partial charge in [-0.3, -0.25) is 4.79 Å². The number of nitrogens with zero attached hydrogens (tertiary/aromatic N) is 2. The maximum absolute atomic E-state index is 12.0. The fourth-order valence-corrected chi connectivity index (χ4v) is 3.13. The first-order valence-corrected chi connectivity index (χ1v) is 9.75. The number of benzene rings is 3. The van der Waals surface area contributed by atoms with Crippen molar-refractivity contribution in [2.75, 3.05) is 11.9 Å². The van der Waals surface area contributed by atoms with Gasteiger partial charge in [-0.2, -0.15) is 5.26 Å². The average molecular weight is 430 g/mol. The lowest BCUT2D eigenvalue weighted by molar-refractivity contribution is -0.118. The second-order valence-electron chi connectivity index (χ2n) is 6.55. The zero-order chi connectivity index (χ0) is 21.6. The van der Waals surface area contributed by atoms with Crippen molar-refractivity contribution < 1.29 is 13.9 Å². The lowest BCUT2D eigenvalue weighted by Crippen LogP contribution is -2.20. The predicted molar refractivity (Wildman–Crippen MR) is 120 cm³/mol. The topological polar surface area (TPSA) is 88.1 Å². The number of hydrogen-bond donors (Lipinski definition) is 1. The number of hydrogen-bond acceptors (Lipinski definition) is 5. The lowest BCUT2D eigenvalue weighted by atomic mass is 10.1. The monoisotopic (exact) mass is 429 g/mol. The molecule has 0 radical (unpaired) electrons. The van der Waals surface area contributed by atoms with Crippen LogP contribution in [0.15, 0.2) is 77.2 Å². The molecule has 0 fully saturated rings. The minimum Gasteiger partial charge on any atom is -0.482 e. The van der Waals surface area contributed by atoms with Crippen molar-refractivity contribution in [2.24, 2.45) is 0 Å². The first-order valence-electron chi connectivity index (χ1n) is 9.37. The Morgan fingerprint density at radius 1 is 1.13 bits per heavy atom. The van der Waals surface area contributed by atoms with E-state index in [2.05, 4.69) is 16.4 Å². The van der Waals surface area contributed by atoms with Gasteiger partial charge in [0.25, 0.3) is 5.91 Å². The van der Waals surface area contributed by atoms with Crippen molar-refractivity contribution in [1.82, 2.24) is 4.98 Å². The van der Waals surface area contributed by atoms with Crippen LogP contribution in [0.5, 0.6) is 5.75 Å². The second-order valence-corrected chi connectivity index (χ2v) is 6.96. The number of nitriles is 1. The summed E-state index contributed by atoms with van der Waals surface area (Å²) < 4.78 is 11.2. The number of anilines is 1. The summed E-state index contributed by atoms with van der Waals surface area (Å²) in [5.74, 6) is 0.300. The van der Waals surface area contributed by atoms with Crippen LogP contribution in [-0.4, -0.2) is 17.5 Å². The van der Waals surface area contributed by atoms with Gasteiger partial charge in [-0.1, -0.05) is 48.0 Å². The fraction of sp³-hybridized carbons (Fsp3) is 0.0417. The Morgan fingerprint density at radius 2 is 1.90 bits per heavy atom. The van der Waals surface area contributed by atoms with E-state index in [0.29, 0.717) is 33.1 Å². The molecule has 0 saturated carbocycles. The van der Waals surface area contributed by atoms with Crippen molar-refractivity contribution in [3.63, 3.8) is 0 Å². The molecule has 1 N–H and O–H groups in total. The van der Waals surface area contributed by atoms with Gasteiger partial charge in [0.05, 0.1) is 5.02 Å². The van der Waals surface area contributed by atoms with Gasteiger partial charge in [0.2, 0.25) is 5.89 Å². The van der Waals surface area contributed by atoms with Gasteiger partial charge >= 0.3 is 0 Å². The Bertz CT molecular complexity index is 1270. The van der Waals surface area contributed by atoms with Crippen LogP contribution in [0.1, 0.15) is 11.5 Å². The molecule has 4 rings (SSSR count). The van der Waals surface area contributed by atoms with Crippen molar-refractivity contribution in [2.45, 2.75) is 0 Å². The van der Waals surface area contributed by atoms with Crippen molar-refractivity contribution >= 4 is 45.9 Å². The molecule has 0 aliphatic heterocycles. The van der Waals surface area contributed by atoms with Crippen molar-refractivity contribution in [1.29, 1.82) is 5.26 Å². The van der Waals surface area contributed by atoms with E-state index in [1.165, 1.54) is 0 Å². The quantitative estimate of drug-likeness (QED) is 0.405. The largest absolute Gasteiger partial charge is 0.482 e. The third-order valence-corrected chi connectivity index (χ3v) is 4.62. The van der Waals surface area contributed by atoms with E-state index in [4.69, 9.17) is 20.8 Å². The molecular formula is C24H16ClN3O3. The summed E-state index contributed by atoms with van der Waals surface area (Å²) in [5, 5.41) is 12.6. The summed E-state index contributed by atoms with van der Waals surface area (Å²) in [6, 6.07) is 23.5. The third-order valence-electron chi connectivity index (χ3n) is 4.33. The van der Waals surface area contributed by atoms with Gasteiger partial charge in [-0.05, 0) is 48.0 Å². The van der Waals surface area contributed by atoms with Crippen molar-refractivity contribution in [3.8, 4) is 11.8 Å². The van der Waals surface area contributed by atoms with E-state index in [9.17, 15) is 10.1 Å². The van der Waals surface area contributed by atoms with Gasteiger partial charge in [-0.15, -0.1) is 0 Å². The van der Waals surface area contributed by atoms with E-state index in [1.54, 1.807) is 42.5 Å². The van der Waals surface area contributed by atoms with Gasteiger partial charge in [0.1, 0.15) is 22.9 Å². The number of nitrogens with one attached hydrogen (secondary N) is 1. The zero-order valence-corrected chi connectivity index (χ0v) is 17.0. The molecule has 0 aliphatic rings. The van der Waals surface area contributed by atoms with E-state index in [-0.39, 0.29) is 24.0 Å². The van der Waals surface area contributed by atoms with Crippen LogP contribution in [-0.2, 0) is 4.79 Å². The Morgan fingerprint density at radius 3 is 2.65 bits per heavy atom. The number of carbonyl (C=O) groups excluding carboxylic acids is 1. The smallest absolute Gasteiger partial charge is 0.262 e. The molecule has 152 valence electrons. The van der Waals surface area contributed by atoms with Gasteiger partial charge < -0.3 is 14.5 Å². The number of amides is 1. The number of oxazole rings is 1. The van der Waals surface area contributed by atoms with Crippen LogP contribution in [0.25, 0.3) is 22.7 Å². The standard InChI is InChI=1S/C24H16ClN3O3/c25-19-13-16(12-17(14-26)24-28-20-8-4-5-9-22(20)31-24)10-11-21(19)30-15-23(29)27-18-6-2-1-3-7-18/h1-13H,15H2,(H,27,29)/b17-12+. The summed E-state index contributed by atoms with van der Waals surface area (Å²) in [4.78, 5) is 16.4. The highest BCUT2D eigenvalue weighted by Crippen LogP contribution is 2.28. The minimum absolute atomic E-state index is 0.184. The van der Waals surface area contributed by atoms with Gasteiger partial charge in [0.15, 0.2) is 12.2 Å². The molecule has 0 bridgehead atoms. The molecule has 0 unspecified atom stereocenters. The fourth-order valence-electron chi connectivity index (χ4n) is 2.88. The van der Waals surface area contributed by atoms with Crippen LogP contribution in [0.3, 0.4) is 0 Å². The Hall–Kier alpha value is -4.08. The molecule has 7 heteroatoms. The van der Waals surface area contributed by atoms with E-state index >= 15 is 0 Å². The molecule has 1 heterocycles. The lowest BCUT2D eigenvalue weighted by Gasteiger charge is -2.09. The SMILES string of the molecule is N#C/C(=C\c1ccc(OCC(=O)Nc2ccccc2)c(Cl)c1)c1nc2ccccc2o1. The number of halogens is 1. The summed E-state index contributed by atoms with van der Waals surface area (Å²) >= 11 is 6.30. The normalized spacial score (nSPS) is 11.2. The van der Waals surface area contributed by atoms with Crippen LogP contribution < -0.4 is 10.1 Å². The number of rotatable bonds is 6. The van der Waals surface area contributed by atoms with Crippen LogP contribution in [0.4, 0.5) is 5.69 Å². The van der Waals surface area contributed by atoms with E-state index < -0.39 is 0 Å². The van der Waals surface area contributed by atoms with E-state index in [1.807, 2.05) is 36.4 Å². The van der Waals surface area contributed by atoms with Crippen molar-refractivity contribution in [3.05, 3.63) is 89.3 Å². The molecule has 0 aliphatic carbocycles. The first-order chi connectivity index (χ1) is 15.1. The summed E-state index contributed by atoms with van der Waals surface area (Å²) in [7, 11) is 0. The molecule has 0 spiro atoms. The second kappa shape index (κ2) is 9.16. The van der Waals surface area contributed by atoms with Crippen LogP contribution in [0, 0.1) is 11.3 Å². The molecule has 6 nitrogen and oxygen atoms in total. The number of allylic oxidation sites excluding steroid dienone is 1. The minimum atomic E-state index is -0.297. The molecule has 0 atom stereocenters. The van der Waals surface area contributed by atoms with E-state index in [0.717, 1.165) is 0 Å².